The number of fused-ring (bicyclic) bond motifs is 1. The Labute approximate surface area is 162 Å². The highest BCUT2D eigenvalue weighted by Crippen LogP contribution is 2.35. The number of nitrogens with zero attached hydrogens (tertiary/aromatic N) is 2. The summed E-state index contributed by atoms with van der Waals surface area (Å²) in [6.45, 7) is 1.93. The summed E-state index contributed by atoms with van der Waals surface area (Å²) in [7, 11) is -3.67. The van der Waals surface area contributed by atoms with Crippen molar-refractivity contribution in [3.63, 3.8) is 0 Å². The number of benzene rings is 2. The number of para-hydroxylation sites is 1. The molecule has 7 heteroatoms. The van der Waals surface area contributed by atoms with E-state index in [2.05, 4.69) is 4.98 Å². The summed E-state index contributed by atoms with van der Waals surface area (Å²) < 4.78 is 52.9. The van der Waals surface area contributed by atoms with Crippen molar-refractivity contribution < 1.29 is 17.2 Å². The number of halogens is 2. The summed E-state index contributed by atoms with van der Waals surface area (Å²) >= 11 is 0. The van der Waals surface area contributed by atoms with Crippen LogP contribution in [0.2, 0.25) is 0 Å². The first-order chi connectivity index (χ1) is 13.3. The lowest BCUT2D eigenvalue weighted by molar-refractivity contribution is 0.00838. The van der Waals surface area contributed by atoms with E-state index >= 15 is 0 Å². The molecule has 2 aromatic carbocycles. The van der Waals surface area contributed by atoms with Crippen molar-refractivity contribution in [2.75, 3.05) is 13.1 Å². The van der Waals surface area contributed by atoms with E-state index in [1.165, 1.54) is 6.20 Å². The second-order valence-corrected chi connectivity index (χ2v) is 9.11. The molecular formula is C21H20F2N2O2S. The van der Waals surface area contributed by atoms with Gasteiger partial charge in [-0.2, -0.15) is 0 Å². The van der Waals surface area contributed by atoms with Crippen LogP contribution < -0.4 is 0 Å². The van der Waals surface area contributed by atoms with Gasteiger partial charge in [0.05, 0.1) is 21.9 Å². The van der Waals surface area contributed by atoms with E-state index in [0.717, 1.165) is 5.56 Å². The van der Waals surface area contributed by atoms with Crippen molar-refractivity contribution >= 4 is 20.7 Å². The molecule has 4 rings (SSSR count). The van der Waals surface area contributed by atoms with Gasteiger partial charge in [0.15, 0.2) is 0 Å². The zero-order valence-corrected chi connectivity index (χ0v) is 16.2. The van der Waals surface area contributed by atoms with E-state index in [1.54, 1.807) is 47.4 Å². The number of hydrogen-bond donors (Lipinski definition) is 0. The summed E-state index contributed by atoms with van der Waals surface area (Å²) in [6, 6.07) is 15.0. The van der Waals surface area contributed by atoms with Crippen molar-refractivity contribution in [3.05, 3.63) is 66.4 Å². The van der Waals surface area contributed by atoms with Gasteiger partial charge >= 0.3 is 0 Å². The lowest BCUT2D eigenvalue weighted by atomic mass is 10.0. The quantitative estimate of drug-likeness (QED) is 0.646. The van der Waals surface area contributed by atoms with Crippen LogP contribution >= 0.6 is 0 Å². The van der Waals surface area contributed by atoms with Crippen LogP contribution in [0.4, 0.5) is 8.78 Å². The molecule has 1 fully saturated rings. The minimum absolute atomic E-state index is 0.115. The van der Waals surface area contributed by atoms with Gasteiger partial charge in [0.1, 0.15) is 0 Å². The molecule has 4 nitrogen and oxygen atoms in total. The number of likely N-dealkylation sites (tertiary alicyclic amines) is 1. The monoisotopic (exact) mass is 402 g/mol. The molecule has 2 heterocycles. The Morgan fingerprint density at radius 2 is 1.82 bits per heavy atom. The third-order valence-electron chi connectivity index (χ3n) is 5.28. The lowest BCUT2D eigenvalue weighted by Gasteiger charge is -2.25. The van der Waals surface area contributed by atoms with Crippen LogP contribution in [-0.4, -0.2) is 37.3 Å². The van der Waals surface area contributed by atoms with Crippen molar-refractivity contribution in [1.29, 1.82) is 0 Å². The Kier molecular flexibility index (Phi) is 4.67. The van der Waals surface area contributed by atoms with E-state index in [1.807, 2.05) is 19.1 Å². The molecule has 0 amide bonds. The number of rotatable bonds is 4. The van der Waals surface area contributed by atoms with Gasteiger partial charge in [-0.25, -0.2) is 17.2 Å². The molecule has 3 aromatic rings. The normalized spacial score (nSPS) is 18.4. The van der Waals surface area contributed by atoms with E-state index in [-0.39, 0.29) is 28.8 Å². The van der Waals surface area contributed by atoms with Gasteiger partial charge in [0.2, 0.25) is 9.84 Å². The highest BCUT2D eigenvalue weighted by Gasteiger charge is 2.40. The standard InChI is InChI=1S/C21H20F2N2O2S/c1-15(25-11-10-21(22,23)14-25)19-9-5-6-16-12-18(13-24-20(16)19)28(26,27)17-7-3-2-4-8-17/h2-9,12-13,15H,10-11,14H2,1H3. The molecule has 0 N–H and O–H groups in total. The minimum Gasteiger partial charge on any atom is -0.290 e. The predicted octanol–water partition coefficient (Wildman–Crippen LogP) is 4.47. The molecule has 0 bridgehead atoms. The minimum atomic E-state index is -3.67. The van der Waals surface area contributed by atoms with Crippen molar-refractivity contribution in [2.24, 2.45) is 0 Å². The number of pyridine rings is 1. The largest absolute Gasteiger partial charge is 0.290 e. The van der Waals surface area contributed by atoms with E-state index in [4.69, 9.17) is 0 Å². The van der Waals surface area contributed by atoms with Crippen LogP contribution in [-0.2, 0) is 9.84 Å². The third kappa shape index (κ3) is 3.40. The number of alkyl halides is 2. The lowest BCUT2D eigenvalue weighted by Crippen LogP contribution is -2.28. The number of sulfone groups is 1. The zero-order chi connectivity index (χ0) is 19.9. The molecule has 1 saturated heterocycles. The first-order valence-electron chi connectivity index (χ1n) is 9.09. The Hall–Kier alpha value is -2.38. The van der Waals surface area contributed by atoms with Crippen LogP contribution in [0.3, 0.4) is 0 Å². The van der Waals surface area contributed by atoms with Crippen LogP contribution in [0, 0.1) is 0 Å². The first kappa shape index (κ1) is 19.0. The maximum Gasteiger partial charge on any atom is 0.261 e. The average molecular weight is 402 g/mol. The number of aromatic nitrogens is 1. The van der Waals surface area contributed by atoms with Crippen LogP contribution in [0.5, 0.6) is 0 Å². The van der Waals surface area contributed by atoms with Gasteiger partial charge in [0, 0.05) is 30.6 Å². The maximum atomic E-state index is 13.6. The molecule has 1 aromatic heterocycles. The Morgan fingerprint density at radius 1 is 1.07 bits per heavy atom. The van der Waals surface area contributed by atoms with Crippen LogP contribution in [0.25, 0.3) is 10.9 Å². The molecule has 1 atom stereocenters. The molecule has 0 radical (unpaired) electrons. The van der Waals surface area contributed by atoms with Crippen LogP contribution in [0.1, 0.15) is 24.9 Å². The molecule has 1 aliphatic heterocycles. The van der Waals surface area contributed by atoms with Gasteiger partial charge < -0.3 is 0 Å². The molecular weight excluding hydrogens is 382 g/mol. The molecule has 0 aliphatic carbocycles. The topological polar surface area (TPSA) is 50.3 Å². The van der Waals surface area contributed by atoms with E-state index < -0.39 is 15.8 Å². The van der Waals surface area contributed by atoms with Gasteiger partial charge in [-0.15, -0.1) is 0 Å². The highest BCUT2D eigenvalue weighted by molar-refractivity contribution is 7.91. The molecule has 0 spiro atoms. The molecule has 1 unspecified atom stereocenters. The van der Waals surface area contributed by atoms with E-state index in [0.29, 0.717) is 17.4 Å². The fourth-order valence-electron chi connectivity index (χ4n) is 3.67. The smallest absolute Gasteiger partial charge is 0.261 e. The summed E-state index contributed by atoms with van der Waals surface area (Å²) in [4.78, 5) is 6.47. The Morgan fingerprint density at radius 3 is 2.50 bits per heavy atom. The molecule has 146 valence electrons. The number of hydrogen-bond acceptors (Lipinski definition) is 4. The van der Waals surface area contributed by atoms with Gasteiger partial charge in [-0.05, 0) is 30.7 Å². The van der Waals surface area contributed by atoms with Crippen molar-refractivity contribution in [2.45, 2.75) is 35.1 Å². The third-order valence-corrected chi connectivity index (χ3v) is 7.01. The van der Waals surface area contributed by atoms with Gasteiger partial charge in [0.25, 0.3) is 5.92 Å². The van der Waals surface area contributed by atoms with Crippen LogP contribution in [0.15, 0.2) is 70.6 Å². The van der Waals surface area contributed by atoms with E-state index in [9.17, 15) is 17.2 Å². The summed E-state index contributed by atoms with van der Waals surface area (Å²) in [5.41, 5.74) is 1.45. The molecule has 1 aliphatic rings. The maximum absolute atomic E-state index is 13.6. The zero-order valence-electron chi connectivity index (χ0n) is 15.3. The first-order valence-corrected chi connectivity index (χ1v) is 10.6. The summed E-state index contributed by atoms with van der Waals surface area (Å²) in [6.07, 6.45) is 1.20. The highest BCUT2D eigenvalue weighted by atomic mass is 32.2. The van der Waals surface area contributed by atoms with Crippen molar-refractivity contribution in [3.8, 4) is 0 Å². The van der Waals surface area contributed by atoms with Gasteiger partial charge in [-0.3, -0.25) is 9.88 Å². The fourth-order valence-corrected chi connectivity index (χ4v) is 4.93. The Balaban J connectivity index is 1.73. The van der Waals surface area contributed by atoms with Gasteiger partial charge in [-0.1, -0.05) is 36.4 Å². The van der Waals surface area contributed by atoms with Crippen molar-refractivity contribution in [1.82, 2.24) is 9.88 Å². The second kappa shape index (κ2) is 6.90. The summed E-state index contributed by atoms with van der Waals surface area (Å²) in [5, 5.41) is 0.673. The molecule has 0 saturated carbocycles. The average Bonchev–Trinajstić information content (AvgIpc) is 3.07. The molecule has 28 heavy (non-hydrogen) atoms. The fraction of sp³-hybridized carbons (Fsp3) is 0.286. The SMILES string of the molecule is CC(c1cccc2cc(S(=O)(=O)c3ccccc3)cnc12)N1CCC(F)(F)C1. The predicted molar refractivity (Wildman–Crippen MR) is 103 cm³/mol. The Bertz CT molecular complexity index is 1120. The second-order valence-electron chi connectivity index (χ2n) is 7.16. The summed E-state index contributed by atoms with van der Waals surface area (Å²) in [5.74, 6) is -2.66.